The van der Waals surface area contributed by atoms with Crippen molar-refractivity contribution in [1.82, 2.24) is 5.32 Å². The number of hydrogen-bond acceptors (Lipinski definition) is 2. The molecule has 1 aliphatic carbocycles. The van der Waals surface area contributed by atoms with Crippen molar-refractivity contribution in [2.75, 3.05) is 19.7 Å². The molecule has 0 aliphatic heterocycles. The fourth-order valence-corrected chi connectivity index (χ4v) is 1.85. The third kappa shape index (κ3) is 5.62. The van der Waals surface area contributed by atoms with Crippen molar-refractivity contribution in [2.24, 2.45) is 10.7 Å². The van der Waals surface area contributed by atoms with Crippen molar-refractivity contribution in [3.8, 4) is 0 Å². The minimum absolute atomic E-state index is 0.467. The van der Waals surface area contributed by atoms with E-state index in [0.29, 0.717) is 25.2 Å². The van der Waals surface area contributed by atoms with E-state index >= 15 is 0 Å². The highest BCUT2D eigenvalue weighted by molar-refractivity contribution is 5.77. The zero-order chi connectivity index (χ0) is 10.9. The Labute approximate surface area is 92.3 Å². The van der Waals surface area contributed by atoms with Crippen LogP contribution in [0.3, 0.4) is 0 Å². The predicted molar refractivity (Wildman–Crippen MR) is 63.0 cm³/mol. The van der Waals surface area contributed by atoms with Crippen molar-refractivity contribution in [3.05, 3.63) is 0 Å². The van der Waals surface area contributed by atoms with Gasteiger partial charge in [-0.15, -0.1) is 0 Å². The lowest BCUT2D eigenvalue weighted by Crippen LogP contribution is -2.31. The van der Waals surface area contributed by atoms with Crippen LogP contribution >= 0.6 is 0 Å². The summed E-state index contributed by atoms with van der Waals surface area (Å²) in [5.74, 6) is 0.518. The first-order valence-corrected chi connectivity index (χ1v) is 5.98. The van der Waals surface area contributed by atoms with Gasteiger partial charge in [0.2, 0.25) is 0 Å². The van der Waals surface area contributed by atoms with Crippen LogP contribution in [0.15, 0.2) is 4.99 Å². The molecule has 4 heteroatoms. The molecule has 0 amide bonds. The summed E-state index contributed by atoms with van der Waals surface area (Å²) < 4.78 is 5.72. The Bertz CT molecular complexity index is 188. The molecule has 15 heavy (non-hydrogen) atoms. The number of guanidine groups is 1. The Morgan fingerprint density at radius 1 is 1.40 bits per heavy atom. The van der Waals surface area contributed by atoms with E-state index in [1.54, 1.807) is 0 Å². The average Bonchev–Trinajstić information content (AvgIpc) is 2.26. The molecule has 1 rings (SSSR count). The van der Waals surface area contributed by atoms with Crippen LogP contribution in [0.4, 0.5) is 0 Å². The highest BCUT2D eigenvalue weighted by atomic mass is 16.5. The Balaban J connectivity index is 2.02. The van der Waals surface area contributed by atoms with Crippen LogP contribution in [-0.2, 0) is 4.74 Å². The van der Waals surface area contributed by atoms with Gasteiger partial charge >= 0.3 is 0 Å². The van der Waals surface area contributed by atoms with E-state index in [1.807, 2.05) is 6.92 Å². The van der Waals surface area contributed by atoms with Crippen LogP contribution in [0.5, 0.6) is 0 Å². The number of rotatable bonds is 5. The molecular formula is C11H23N3O. The molecule has 0 saturated heterocycles. The zero-order valence-corrected chi connectivity index (χ0v) is 9.67. The largest absolute Gasteiger partial charge is 0.376 e. The summed E-state index contributed by atoms with van der Waals surface area (Å²) in [4.78, 5) is 4.16. The summed E-state index contributed by atoms with van der Waals surface area (Å²) in [6.45, 7) is 4.17. The second-order valence-electron chi connectivity index (χ2n) is 3.93. The SMILES string of the molecule is CCNC(N)=NCCOC1CCCCC1. The van der Waals surface area contributed by atoms with Crippen molar-refractivity contribution in [3.63, 3.8) is 0 Å². The topological polar surface area (TPSA) is 59.6 Å². The van der Waals surface area contributed by atoms with Gasteiger partial charge < -0.3 is 15.8 Å². The summed E-state index contributed by atoms with van der Waals surface area (Å²) in [5, 5.41) is 2.96. The van der Waals surface area contributed by atoms with Crippen molar-refractivity contribution < 1.29 is 4.74 Å². The predicted octanol–water partition coefficient (Wildman–Crippen LogP) is 1.26. The van der Waals surface area contributed by atoms with Gasteiger partial charge in [0.15, 0.2) is 5.96 Å². The quantitative estimate of drug-likeness (QED) is 0.410. The average molecular weight is 213 g/mol. The molecule has 0 unspecified atom stereocenters. The maximum atomic E-state index is 5.72. The summed E-state index contributed by atoms with van der Waals surface area (Å²) in [6, 6.07) is 0. The number of nitrogens with zero attached hydrogens (tertiary/aromatic N) is 1. The van der Waals surface area contributed by atoms with Gasteiger partial charge in [-0.05, 0) is 19.8 Å². The zero-order valence-electron chi connectivity index (χ0n) is 9.67. The van der Waals surface area contributed by atoms with E-state index in [2.05, 4.69) is 10.3 Å². The molecule has 0 aromatic carbocycles. The van der Waals surface area contributed by atoms with Gasteiger partial charge in [0.05, 0.1) is 19.3 Å². The van der Waals surface area contributed by atoms with Gasteiger partial charge in [0.1, 0.15) is 0 Å². The minimum atomic E-state index is 0.467. The Kier molecular flexibility index (Phi) is 6.16. The highest BCUT2D eigenvalue weighted by Crippen LogP contribution is 2.19. The maximum Gasteiger partial charge on any atom is 0.188 e. The van der Waals surface area contributed by atoms with Crippen LogP contribution in [-0.4, -0.2) is 31.8 Å². The number of nitrogens with two attached hydrogens (primary N) is 1. The van der Waals surface area contributed by atoms with Crippen molar-refractivity contribution in [2.45, 2.75) is 45.1 Å². The van der Waals surface area contributed by atoms with Gasteiger partial charge in [-0.25, -0.2) is 0 Å². The summed E-state index contributed by atoms with van der Waals surface area (Å²) in [7, 11) is 0. The van der Waals surface area contributed by atoms with Gasteiger partial charge in [0.25, 0.3) is 0 Å². The number of ether oxygens (including phenoxy) is 1. The second-order valence-corrected chi connectivity index (χ2v) is 3.93. The molecule has 0 aromatic rings. The van der Waals surface area contributed by atoms with E-state index < -0.39 is 0 Å². The first-order valence-electron chi connectivity index (χ1n) is 5.98. The van der Waals surface area contributed by atoms with E-state index in [0.717, 1.165) is 6.54 Å². The molecule has 0 atom stereocenters. The standard InChI is InChI=1S/C11H23N3O/c1-2-13-11(12)14-8-9-15-10-6-4-3-5-7-10/h10H,2-9H2,1H3,(H3,12,13,14). The van der Waals surface area contributed by atoms with E-state index in [-0.39, 0.29) is 0 Å². The summed E-state index contributed by atoms with van der Waals surface area (Å²) in [5.41, 5.74) is 5.59. The third-order valence-electron chi connectivity index (χ3n) is 2.64. The monoisotopic (exact) mass is 213 g/mol. The Hall–Kier alpha value is -0.770. The minimum Gasteiger partial charge on any atom is -0.376 e. The molecule has 4 nitrogen and oxygen atoms in total. The van der Waals surface area contributed by atoms with Gasteiger partial charge in [-0.1, -0.05) is 19.3 Å². The molecular weight excluding hydrogens is 190 g/mol. The lowest BCUT2D eigenvalue weighted by molar-refractivity contribution is 0.0335. The number of hydrogen-bond donors (Lipinski definition) is 2. The fraction of sp³-hybridized carbons (Fsp3) is 0.909. The lowest BCUT2D eigenvalue weighted by Gasteiger charge is -2.21. The number of aliphatic imine (C=N–C) groups is 1. The molecule has 0 aromatic heterocycles. The van der Waals surface area contributed by atoms with Gasteiger partial charge in [0, 0.05) is 6.54 Å². The van der Waals surface area contributed by atoms with E-state index in [4.69, 9.17) is 10.5 Å². The first kappa shape index (κ1) is 12.3. The molecule has 0 heterocycles. The van der Waals surface area contributed by atoms with Crippen LogP contribution in [0, 0.1) is 0 Å². The van der Waals surface area contributed by atoms with Gasteiger partial charge in [-0.2, -0.15) is 0 Å². The summed E-state index contributed by atoms with van der Waals surface area (Å²) >= 11 is 0. The molecule has 1 fully saturated rings. The second kappa shape index (κ2) is 7.51. The van der Waals surface area contributed by atoms with Crippen molar-refractivity contribution in [1.29, 1.82) is 0 Å². The highest BCUT2D eigenvalue weighted by Gasteiger charge is 2.12. The molecule has 1 aliphatic rings. The molecule has 3 N–H and O–H groups in total. The molecule has 88 valence electrons. The first-order chi connectivity index (χ1) is 7.33. The fourth-order valence-electron chi connectivity index (χ4n) is 1.85. The molecule has 1 saturated carbocycles. The lowest BCUT2D eigenvalue weighted by atomic mass is 9.98. The number of nitrogens with one attached hydrogen (secondary N) is 1. The maximum absolute atomic E-state index is 5.72. The molecule has 0 bridgehead atoms. The van der Waals surface area contributed by atoms with Crippen LogP contribution < -0.4 is 11.1 Å². The normalized spacial score (nSPS) is 19.1. The summed E-state index contributed by atoms with van der Waals surface area (Å²) in [6.07, 6.45) is 6.89. The van der Waals surface area contributed by atoms with Crippen LogP contribution in [0.25, 0.3) is 0 Å². The molecule has 0 spiro atoms. The smallest absolute Gasteiger partial charge is 0.188 e. The Morgan fingerprint density at radius 2 is 2.13 bits per heavy atom. The van der Waals surface area contributed by atoms with E-state index in [1.165, 1.54) is 32.1 Å². The van der Waals surface area contributed by atoms with Crippen molar-refractivity contribution >= 4 is 5.96 Å². The third-order valence-corrected chi connectivity index (χ3v) is 2.64. The van der Waals surface area contributed by atoms with Crippen LogP contribution in [0.2, 0.25) is 0 Å². The van der Waals surface area contributed by atoms with Gasteiger partial charge in [-0.3, -0.25) is 4.99 Å². The Morgan fingerprint density at radius 3 is 2.80 bits per heavy atom. The van der Waals surface area contributed by atoms with E-state index in [9.17, 15) is 0 Å². The van der Waals surface area contributed by atoms with Crippen LogP contribution in [0.1, 0.15) is 39.0 Å². The molecule has 0 radical (unpaired) electrons.